The molecule has 0 aromatic rings. The van der Waals surface area contributed by atoms with Crippen LogP contribution in [0.15, 0.2) is 12.2 Å². The van der Waals surface area contributed by atoms with Gasteiger partial charge in [0.2, 0.25) is 5.91 Å². The van der Waals surface area contributed by atoms with Crippen molar-refractivity contribution < 1.29 is 64.6 Å². The van der Waals surface area contributed by atoms with Crippen LogP contribution in [0.5, 0.6) is 0 Å². The quantitative estimate of drug-likeness (QED) is 0.0204. The molecule has 0 radical (unpaired) electrons. The monoisotopic (exact) mass is 1370 g/mol. The molecule has 9 N–H and O–H groups in total. The number of hydrogen-bond acceptors (Lipinski definition) is 13. The van der Waals surface area contributed by atoms with Gasteiger partial charge < -0.3 is 65.1 Å². The summed E-state index contributed by atoms with van der Waals surface area (Å²) in [6.45, 7) is 2.88. The first kappa shape index (κ1) is 90.8. The second-order valence-electron chi connectivity index (χ2n) is 30.0. The zero-order valence-corrected chi connectivity index (χ0v) is 62.7. The van der Waals surface area contributed by atoms with E-state index in [4.69, 9.17) is 18.9 Å². The van der Waals surface area contributed by atoms with Crippen LogP contribution in [0, 0.1) is 0 Å². The molecule has 0 aromatic heterocycles. The second kappa shape index (κ2) is 66.9. The summed E-state index contributed by atoms with van der Waals surface area (Å²) in [6, 6.07) is -0.912. The highest BCUT2D eigenvalue weighted by Crippen LogP contribution is 2.31. The molecule has 96 heavy (non-hydrogen) atoms. The summed E-state index contributed by atoms with van der Waals surface area (Å²) in [5.74, 6) is -0.228. The van der Waals surface area contributed by atoms with E-state index in [1.54, 1.807) is 6.08 Å². The molecule has 0 bridgehead atoms. The molecule has 2 saturated heterocycles. The third kappa shape index (κ3) is 49.4. The first-order chi connectivity index (χ1) is 47.1. The minimum absolute atomic E-state index is 0.228. The summed E-state index contributed by atoms with van der Waals surface area (Å²) in [6.07, 6.45) is 68.9. The normalized spacial score (nSPS) is 22.2. The molecule has 2 rings (SSSR count). The van der Waals surface area contributed by atoms with E-state index in [-0.39, 0.29) is 18.9 Å². The van der Waals surface area contributed by atoms with E-state index in [2.05, 4.69) is 19.2 Å². The lowest BCUT2D eigenvalue weighted by Gasteiger charge is -2.46. The Bertz CT molecular complexity index is 1660. The SMILES string of the molecule is CCCCCCCCCCCCCCCCCCCCCCC/C=C/C(O)C(COC1OC(CO)C(OC2OC(CO)C(O)C(O)C2O)C(O)C1O)NC(=O)CCCCCCCCCCCCCCCCCCCCCCCCCCCCCCCCCCCCCCCCC. The van der Waals surface area contributed by atoms with Gasteiger partial charge in [0.05, 0.1) is 32.0 Å². The van der Waals surface area contributed by atoms with E-state index in [1.165, 1.54) is 347 Å². The van der Waals surface area contributed by atoms with E-state index in [0.717, 1.165) is 44.9 Å². The van der Waals surface area contributed by atoms with Gasteiger partial charge in [0.15, 0.2) is 12.6 Å². The van der Waals surface area contributed by atoms with E-state index in [9.17, 15) is 45.6 Å². The van der Waals surface area contributed by atoms with Crippen LogP contribution in [-0.2, 0) is 23.7 Å². The van der Waals surface area contributed by atoms with Gasteiger partial charge in [-0.3, -0.25) is 4.79 Å². The van der Waals surface area contributed by atoms with Crippen molar-refractivity contribution in [1.29, 1.82) is 0 Å². The molecular weight excluding hydrogens is 1210 g/mol. The molecule has 0 spiro atoms. The number of unbranched alkanes of at least 4 members (excludes halogenated alkanes) is 59. The van der Waals surface area contributed by atoms with Crippen LogP contribution >= 0.6 is 0 Å². The van der Waals surface area contributed by atoms with Crippen LogP contribution in [-0.4, -0.2) is 140 Å². The standard InChI is InChI=1S/C82H159NO13/c1-3-5-7-9-11-13-15-17-19-21-23-25-27-28-29-30-31-32-33-34-35-36-37-38-39-40-41-42-44-46-48-50-52-54-56-58-60-62-64-66-74(87)83-70(69-93-81-79(92)77(90)80(73(68-85)95-81)96-82-78(91)76(89)75(88)72(67-84)94-82)71(86)65-63-61-59-57-55-53-51-49-47-45-43-26-24-22-20-18-16-14-12-10-8-6-4-2/h63,65,70-73,75-82,84-86,88-92H,3-62,64,66-69H2,1-2H3,(H,83,87)/b65-63+. The summed E-state index contributed by atoms with van der Waals surface area (Å²) in [4.78, 5) is 13.4. The highest BCUT2D eigenvalue weighted by Gasteiger charge is 2.51. The van der Waals surface area contributed by atoms with Crippen molar-refractivity contribution in [1.82, 2.24) is 5.32 Å². The summed E-state index contributed by atoms with van der Waals surface area (Å²) in [7, 11) is 0. The number of hydrogen-bond donors (Lipinski definition) is 9. The molecule has 2 aliphatic rings. The molecule has 12 unspecified atom stereocenters. The van der Waals surface area contributed by atoms with Gasteiger partial charge in [-0.1, -0.05) is 398 Å². The van der Waals surface area contributed by atoms with Crippen molar-refractivity contribution in [2.75, 3.05) is 19.8 Å². The number of nitrogens with one attached hydrogen (secondary N) is 1. The average Bonchev–Trinajstić information content (AvgIpc) is 0.800. The summed E-state index contributed by atoms with van der Waals surface area (Å²) in [5, 5.41) is 87.7. The summed E-state index contributed by atoms with van der Waals surface area (Å²) < 4.78 is 22.9. The van der Waals surface area contributed by atoms with Crippen molar-refractivity contribution >= 4 is 5.91 Å². The van der Waals surface area contributed by atoms with Gasteiger partial charge in [0.1, 0.15) is 48.8 Å². The van der Waals surface area contributed by atoms with Crippen molar-refractivity contribution in [2.45, 2.75) is 485 Å². The third-order valence-electron chi connectivity index (χ3n) is 21.0. The summed E-state index contributed by atoms with van der Waals surface area (Å²) in [5.41, 5.74) is 0. The predicted octanol–water partition coefficient (Wildman–Crippen LogP) is 19.3. The Balaban J connectivity index is 1.56. The Kier molecular flexibility index (Phi) is 63.3. The molecule has 570 valence electrons. The van der Waals surface area contributed by atoms with Crippen molar-refractivity contribution in [3.63, 3.8) is 0 Å². The highest BCUT2D eigenvalue weighted by atomic mass is 16.7. The third-order valence-corrected chi connectivity index (χ3v) is 21.0. The number of rotatable bonds is 72. The van der Waals surface area contributed by atoms with Gasteiger partial charge in [-0.2, -0.15) is 0 Å². The maximum Gasteiger partial charge on any atom is 0.220 e. The number of carbonyl (C=O) groups excluding carboxylic acids is 1. The van der Waals surface area contributed by atoms with Crippen LogP contribution in [0.1, 0.15) is 412 Å². The van der Waals surface area contributed by atoms with Crippen molar-refractivity contribution in [2.24, 2.45) is 0 Å². The molecule has 0 aromatic carbocycles. The van der Waals surface area contributed by atoms with Gasteiger partial charge in [-0.25, -0.2) is 0 Å². The van der Waals surface area contributed by atoms with Gasteiger partial charge >= 0.3 is 0 Å². The molecule has 14 nitrogen and oxygen atoms in total. The number of aliphatic hydroxyl groups excluding tert-OH is 8. The van der Waals surface area contributed by atoms with E-state index in [1.807, 2.05) is 6.08 Å². The number of aliphatic hydroxyl groups is 8. The minimum Gasteiger partial charge on any atom is -0.394 e. The smallest absolute Gasteiger partial charge is 0.220 e. The largest absolute Gasteiger partial charge is 0.394 e. The van der Waals surface area contributed by atoms with Gasteiger partial charge in [-0.05, 0) is 19.3 Å². The van der Waals surface area contributed by atoms with Crippen molar-refractivity contribution in [3.8, 4) is 0 Å². The van der Waals surface area contributed by atoms with Gasteiger partial charge in [0.25, 0.3) is 0 Å². The number of amides is 1. The maximum atomic E-state index is 13.4. The topological polar surface area (TPSA) is 228 Å². The Labute approximate surface area is 590 Å². The maximum absolute atomic E-state index is 13.4. The highest BCUT2D eigenvalue weighted by molar-refractivity contribution is 5.76. The molecule has 2 aliphatic heterocycles. The van der Waals surface area contributed by atoms with Gasteiger partial charge in [-0.15, -0.1) is 0 Å². The molecular formula is C82H159NO13. The van der Waals surface area contributed by atoms with Crippen LogP contribution in [0.4, 0.5) is 0 Å². The van der Waals surface area contributed by atoms with Crippen molar-refractivity contribution in [3.05, 3.63) is 12.2 Å². The Morgan fingerprint density at radius 2 is 0.646 bits per heavy atom. The number of ether oxygens (including phenoxy) is 4. The molecule has 2 heterocycles. The Morgan fingerprint density at radius 3 is 0.958 bits per heavy atom. The Hall–Kier alpha value is -1.27. The van der Waals surface area contributed by atoms with Crippen LogP contribution < -0.4 is 5.32 Å². The van der Waals surface area contributed by atoms with E-state index in [0.29, 0.717) is 0 Å². The first-order valence-electron chi connectivity index (χ1n) is 41.9. The van der Waals surface area contributed by atoms with Crippen LogP contribution in [0.25, 0.3) is 0 Å². The van der Waals surface area contributed by atoms with Gasteiger partial charge in [0, 0.05) is 6.42 Å². The Morgan fingerprint density at radius 1 is 0.365 bits per heavy atom. The summed E-state index contributed by atoms with van der Waals surface area (Å²) >= 11 is 0. The fourth-order valence-electron chi connectivity index (χ4n) is 14.4. The second-order valence-corrected chi connectivity index (χ2v) is 30.0. The molecule has 1 amide bonds. The lowest BCUT2D eigenvalue weighted by atomic mass is 9.97. The number of allylic oxidation sites excluding steroid dienone is 1. The molecule has 0 saturated carbocycles. The zero-order valence-electron chi connectivity index (χ0n) is 62.7. The molecule has 2 fully saturated rings. The zero-order chi connectivity index (χ0) is 69.4. The number of carbonyl (C=O) groups is 1. The predicted molar refractivity (Wildman–Crippen MR) is 397 cm³/mol. The first-order valence-corrected chi connectivity index (χ1v) is 41.9. The fraction of sp³-hybridized carbons (Fsp3) is 0.963. The molecule has 12 atom stereocenters. The van der Waals surface area contributed by atoms with E-state index < -0.39 is 86.8 Å². The minimum atomic E-state index is -1.79. The molecule has 14 heteroatoms. The lowest BCUT2D eigenvalue weighted by Crippen LogP contribution is -2.65. The average molecular weight is 1370 g/mol. The van der Waals surface area contributed by atoms with Crippen LogP contribution in [0.3, 0.4) is 0 Å². The van der Waals surface area contributed by atoms with Crippen LogP contribution in [0.2, 0.25) is 0 Å². The lowest BCUT2D eigenvalue weighted by molar-refractivity contribution is -0.359. The molecule has 0 aliphatic carbocycles. The van der Waals surface area contributed by atoms with E-state index >= 15 is 0 Å². The fourth-order valence-corrected chi connectivity index (χ4v) is 14.4.